The van der Waals surface area contributed by atoms with Crippen molar-refractivity contribution in [3.8, 4) is 0 Å². The average Bonchev–Trinajstić information content (AvgIpc) is 2.74. The number of hydrogen-bond donors (Lipinski definition) is 1. The van der Waals surface area contributed by atoms with Crippen LogP contribution < -0.4 is 5.32 Å². The van der Waals surface area contributed by atoms with Crippen molar-refractivity contribution in [3.63, 3.8) is 0 Å². The minimum atomic E-state index is -0.221. The molecule has 2 rings (SSSR count). The average molecular weight is 259 g/mol. The Morgan fingerprint density at radius 3 is 2.63 bits per heavy atom. The Labute approximate surface area is 112 Å². The largest absolute Gasteiger partial charge is 0.360 e. The lowest BCUT2D eigenvalue weighted by atomic mass is 9.91. The van der Waals surface area contributed by atoms with Crippen LogP contribution in [0.2, 0.25) is 0 Å². The molecule has 2 aromatic rings. The third kappa shape index (κ3) is 3.19. The van der Waals surface area contributed by atoms with Gasteiger partial charge in [-0.15, -0.1) is 0 Å². The zero-order valence-corrected chi connectivity index (χ0v) is 11.5. The first-order valence-corrected chi connectivity index (χ1v) is 6.07. The summed E-state index contributed by atoms with van der Waals surface area (Å²) < 4.78 is 4.90. The topological polar surface area (TPSA) is 68.0 Å². The number of rotatable bonds is 2. The van der Waals surface area contributed by atoms with Crippen LogP contribution in [0.3, 0.4) is 0 Å². The summed E-state index contributed by atoms with van der Waals surface area (Å²) in [6, 6.07) is 5.14. The van der Waals surface area contributed by atoms with Crippen molar-refractivity contribution >= 4 is 11.7 Å². The van der Waals surface area contributed by atoms with Gasteiger partial charge >= 0.3 is 0 Å². The second kappa shape index (κ2) is 4.84. The SMILES string of the molecule is Cc1cc(NC(=O)c2ccnc(C(C)(C)C)c2)no1. The molecule has 0 saturated carbocycles. The number of pyridine rings is 1. The molecule has 0 spiro atoms. The summed E-state index contributed by atoms with van der Waals surface area (Å²) in [7, 11) is 0. The highest BCUT2D eigenvalue weighted by atomic mass is 16.5. The molecule has 0 unspecified atom stereocenters. The summed E-state index contributed by atoms with van der Waals surface area (Å²) >= 11 is 0. The van der Waals surface area contributed by atoms with Gasteiger partial charge in [0.05, 0.1) is 0 Å². The molecule has 0 fully saturated rings. The van der Waals surface area contributed by atoms with Crippen LogP contribution in [0.1, 0.15) is 42.6 Å². The van der Waals surface area contributed by atoms with E-state index in [1.807, 2.05) is 0 Å². The van der Waals surface area contributed by atoms with Gasteiger partial charge in [0, 0.05) is 28.9 Å². The van der Waals surface area contributed by atoms with Crippen molar-refractivity contribution in [2.45, 2.75) is 33.1 Å². The number of aryl methyl sites for hydroxylation is 1. The van der Waals surface area contributed by atoms with Crippen molar-refractivity contribution in [2.75, 3.05) is 5.32 Å². The van der Waals surface area contributed by atoms with E-state index >= 15 is 0 Å². The van der Waals surface area contributed by atoms with Crippen molar-refractivity contribution in [3.05, 3.63) is 41.4 Å². The highest BCUT2D eigenvalue weighted by molar-refractivity contribution is 6.03. The van der Waals surface area contributed by atoms with Crippen LogP contribution in [0.15, 0.2) is 28.9 Å². The van der Waals surface area contributed by atoms with Crippen molar-refractivity contribution < 1.29 is 9.32 Å². The van der Waals surface area contributed by atoms with E-state index in [1.54, 1.807) is 31.3 Å². The van der Waals surface area contributed by atoms with Gasteiger partial charge in [-0.1, -0.05) is 25.9 Å². The molecule has 2 heterocycles. The Hall–Kier alpha value is -2.17. The van der Waals surface area contributed by atoms with Crippen LogP contribution in [0.5, 0.6) is 0 Å². The monoisotopic (exact) mass is 259 g/mol. The van der Waals surface area contributed by atoms with Crippen molar-refractivity contribution in [2.24, 2.45) is 0 Å². The van der Waals surface area contributed by atoms with E-state index in [9.17, 15) is 4.79 Å². The van der Waals surface area contributed by atoms with Crippen LogP contribution in [-0.4, -0.2) is 16.0 Å². The number of amides is 1. The molecule has 5 nitrogen and oxygen atoms in total. The van der Waals surface area contributed by atoms with Gasteiger partial charge in [0.15, 0.2) is 5.82 Å². The number of nitrogens with one attached hydrogen (secondary N) is 1. The molecule has 0 aliphatic rings. The number of aromatic nitrogens is 2. The molecular formula is C14H17N3O2. The Balaban J connectivity index is 2.20. The van der Waals surface area contributed by atoms with E-state index in [4.69, 9.17) is 4.52 Å². The van der Waals surface area contributed by atoms with E-state index in [2.05, 4.69) is 36.2 Å². The maximum absolute atomic E-state index is 12.1. The predicted octanol–water partition coefficient (Wildman–Crippen LogP) is 2.93. The zero-order valence-electron chi connectivity index (χ0n) is 11.5. The first-order chi connectivity index (χ1) is 8.86. The first-order valence-electron chi connectivity index (χ1n) is 6.07. The molecule has 0 atom stereocenters. The molecule has 0 aliphatic carbocycles. The van der Waals surface area contributed by atoms with E-state index in [-0.39, 0.29) is 11.3 Å². The van der Waals surface area contributed by atoms with Crippen LogP contribution in [-0.2, 0) is 5.41 Å². The van der Waals surface area contributed by atoms with Gasteiger partial charge in [0.1, 0.15) is 5.76 Å². The minimum Gasteiger partial charge on any atom is -0.360 e. The fourth-order valence-electron chi connectivity index (χ4n) is 1.60. The lowest BCUT2D eigenvalue weighted by molar-refractivity contribution is 0.102. The van der Waals surface area contributed by atoms with E-state index in [0.29, 0.717) is 17.1 Å². The Morgan fingerprint density at radius 2 is 2.05 bits per heavy atom. The smallest absolute Gasteiger partial charge is 0.257 e. The second-order valence-corrected chi connectivity index (χ2v) is 5.46. The third-order valence-electron chi connectivity index (χ3n) is 2.66. The van der Waals surface area contributed by atoms with Crippen molar-refractivity contribution in [1.29, 1.82) is 0 Å². The summed E-state index contributed by atoms with van der Waals surface area (Å²) in [6.07, 6.45) is 1.64. The molecule has 0 saturated heterocycles. The second-order valence-electron chi connectivity index (χ2n) is 5.46. The highest BCUT2D eigenvalue weighted by Crippen LogP contribution is 2.20. The maximum atomic E-state index is 12.1. The number of carbonyl (C=O) groups is 1. The lowest BCUT2D eigenvalue weighted by Gasteiger charge is -2.17. The standard InChI is InChI=1S/C14H17N3O2/c1-9-7-12(17-19-9)16-13(18)10-5-6-15-11(8-10)14(2,3)4/h5-8H,1-4H3,(H,16,17,18). The third-order valence-corrected chi connectivity index (χ3v) is 2.66. The summed E-state index contributed by atoms with van der Waals surface area (Å²) in [5.74, 6) is 0.846. The summed E-state index contributed by atoms with van der Waals surface area (Å²) in [6.45, 7) is 7.93. The quantitative estimate of drug-likeness (QED) is 0.900. The lowest BCUT2D eigenvalue weighted by Crippen LogP contribution is -2.17. The molecular weight excluding hydrogens is 242 g/mol. The van der Waals surface area contributed by atoms with Crippen molar-refractivity contribution in [1.82, 2.24) is 10.1 Å². The normalized spacial score (nSPS) is 11.4. The summed E-state index contributed by atoms with van der Waals surface area (Å²) in [4.78, 5) is 16.4. The maximum Gasteiger partial charge on any atom is 0.257 e. The van der Waals surface area contributed by atoms with E-state index in [1.165, 1.54) is 0 Å². The molecule has 0 bridgehead atoms. The van der Waals surface area contributed by atoms with Crippen LogP contribution >= 0.6 is 0 Å². The predicted molar refractivity (Wildman–Crippen MR) is 72.1 cm³/mol. The van der Waals surface area contributed by atoms with Gasteiger partial charge in [0.25, 0.3) is 5.91 Å². The number of anilines is 1. The van der Waals surface area contributed by atoms with Gasteiger partial charge in [-0.25, -0.2) is 0 Å². The van der Waals surface area contributed by atoms with Gasteiger partial charge < -0.3 is 9.84 Å². The van der Waals surface area contributed by atoms with Gasteiger partial charge in [0.2, 0.25) is 0 Å². The molecule has 100 valence electrons. The summed E-state index contributed by atoms with van der Waals surface area (Å²) in [5.41, 5.74) is 1.33. The van der Waals surface area contributed by atoms with E-state index < -0.39 is 0 Å². The van der Waals surface area contributed by atoms with Crippen LogP contribution in [0.4, 0.5) is 5.82 Å². The number of nitrogens with zero attached hydrogens (tertiary/aromatic N) is 2. The molecule has 1 N–H and O–H groups in total. The van der Waals surface area contributed by atoms with E-state index in [0.717, 1.165) is 5.69 Å². The van der Waals surface area contributed by atoms with Gasteiger partial charge in [-0.3, -0.25) is 9.78 Å². The fraction of sp³-hybridized carbons (Fsp3) is 0.357. The van der Waals surface area contributed by atoms with Gasteiger partial charge in [-0.05, 0) is 19.1 Å². The molecule has 1 amide bonds. The summed E-state index contributed by atoms with van der Waals surface area (Å²) in [5, 5.41) is 6.42. The molecule has 5 heteroatoms. The Kier molecular flexibility index (Phi) is 3.38. The Bertz CT molecular complexity index is 597. The minimum absolute atomic E-state index is 0.0965. The highest BCUT2D eigenvalue weighted by Gasteiger charge is 2.17. The number of carbonyl (C=O) groups excluding carboxylic acids is 1. The van der Waals surface area contributed by atoms with Crippen LogP contribution in [0.25, 0.3) is 0 Å². The fourth-order valence-corrected chi connectivity index (χ4v) is 1.60. The Morgan fingerprint density at radius 1 is 1.32 bits per heavy atom. The van der Waals surface area contributed by atoms with Gasteiger partial charge in [-0.2, -0.15) is 0 Å². The molecule has 0 aliphatic heterocycles. The number of hydrogen-bond acceptors (Lipinski definition) is 4. The molecule has 0 aromatic carbocycles. The molecule has 19 heavy (non-hydrogen) atoms. The molecule has 2 aromatic heterocycles. The first kappa shape index (κ1) is 13.3. The zero-order chi connectivity index (χ0) is 14.0. The molecule has 0 radical (unpaired) electrons. The van der Waals surface area contributed by atoms with Crippen LogP contribution in [0, 0.1) is 6.92 Å².